The van der Waals surface area contributed by atoms with Crippen molar-refractivity contribution in [1.29, 1.82) is 0 Å². The minimum atomic E-state index is -0.605. The molecule has 0 aliphatic carbocycles. The van der Waals surface area contributed by atoms with Gasteiger partial charge in [-0.2, -0.15) is 0 Å². The highest BCUT2D eigenvalue weighted by molar-refractivity contribution is 6.30. The predicted octanol–water partition coefficient (Wildman–Crippen LogP) is 2.28. The summed E-state index contributed by atoms with van der Waals surface area (Å²) >= 11 is 5.78. The van der Waals surface area contributed by atoms with E-state index in [4.69, 9.17) is 16.3 Å². The number of unbranched alkanes of at least 4 members (excludes halogenated alkanes) is 1. The number of nitrogens with one attached hydrogen (secondary N) is 1. The fraction of sp³-hybridized carbons (Fsp3) is 0.500. The Kier molecular flexibility index (Phi) is 7.48. The molecule has 0 amide bonds. The van der Waals surface area contributed by atoms with Gasteiger partial charge in [0, 0.05) is 11.6 Å². The van der Waals surface area contributed by atoms with Gasteiger partial charge in [0.05, 0.1) is 5.56 Å². The van der Waals surface area contributed by atoms with Crippen molar-refractivity contribution in [1.82, 2.24) is 5.32 Å². The van der Waals surface area contributed by atoms with Crippen LogP contribution in [0.3, 0.4) is 0 Å². The zero-order valence-corrected chi connectivity index (χ0v) is 11.8. The summed E-state index contributed by atoms with van der Waals surface area (Å²) in [6.07, 6.45) is 2.28. The molecule has 0 saturated carbocycles. The second-order valence-corrected chi connectivity index (χ2v) is 4.76. The highest BCUT2D eigenvalue weighted by Gasteiger charge is 2.08. The third kappa shape index (κ3) is 6.05. The fourth-order valence-electron chi connectivity index (χ4n) is 1.56. The molecule has 0 aromatic heterocycles. The standard InChI is InChI=1S/C14H20ClNO3/c1-2-3-6-16-8-13(18)10-19-14-5-4-12(15)7-11(14)9-17/h4-5,7,9,13,16,18H,2-3,6,8,10H2,1H3. The second-order valence-electron chi connectivity index (χ2n) is 4.32. The van der Waals surface area contributed by atoms with E-state index in [9.17, 15) is 9.90 Å². The number of aldehydes is 1. The smallest absolute Gasteiger partial charge is 0.153 e. The molecule has 2 N–H and O–H groups in total. The predicted molar refractivity (Wildman–Crippen MR) is 76.1 cm³/mol. The topological polar surface area (TPSA) is 58.6 Å². The number of rotatable bonds is 9. The van der Waals surface area contributed by atoms with E-state index in [-0.39, 0.29) is 6.61 Å². The maximum Gasteiger partial charge on any atom is 0.153 e. The van der Waals surface area contributed by atoms with Gasteiger partial charge in [0.1, 0.15) is 18.5 Å². The lowest BCUT2D eigenvalue weighted by atomic mass is 10.2. The zero-order valence-electron chi connectivity index (χ0n) is 11.1. The average molecular weight is 286 g/mol. The first kappa shape index (κ1) is 16.0. The monoisotopic (exact) mass is 285 g/mol. The number of benzene rings is 1. The molecule has 1 aromatic carbocycles. The fourth-order valence-corrected chi connectivity index (χ4v) is 1.74. The number of halogens is 1. The molecule has 0 aliphatic rings. The van der Waals surface area contributed by atoms with Crippen LogP contribution in [0, 0.1) is 0 Å². The Labute approximate surface area is 118 Å². The minimum Gasteiger partial charge on any atom is -0.490 e. The number of ether oxygens (including phenoxy) is 1. The Hall–Kier alpha value is -1.10. The van der Waals surface area contributed by atoms with Crippen LogP contribution < -0.4 is 10.1 Å². The van der Waals surface area contributed by atoms with E-state index in [0.29, 0.717) is 29.2 Å². The van der Waals surface area contributed by atoms with Gasteiger partial charge in [0.2, 0.25) is 0 Å². The SMILES string of the molecule is CCCCNCC(O)COc1ccc(Cl)cc1C=O. The van der Waals surface area contributed by atoms with Crippen LogP contribution in [0.25, 0.3) is 0 Å². The van der Waals surface area contributed by atoms with Crippen molar-refractivity contribution < 1.29 is 14.6 Å². The van der Waals surface area contributed by atoms with Crippen LogP contribution in [0.4, 0.5) is 0 Å². The van der Waals surface area contributed by atoms with Crippen LogP contribution in [0.5, 0.6) is 5.75 Å². The molecule has 1 atom stereocenters. The summed E-state index contributed by atoms with van der Waals surface area (Å²) in [6.45, 7) is 3.61. The average Bonchev–Trinajstić information content (AvgIpc) is 2.42. The molecule has 0 spiro atoms. The molecule has 0 fully saturated rings. The third-order valence-electron chi connectivity index (χ3n) is 2.62. The van der Waals surface area contributed by atoms with E-state index in [1.165, 1.54) is 6.07 Å². The van der Waals surface area contributed by atoms with Crippen LogP contribution in [0.2, 0.25) is 5.02 Å². The summed E-state index contributed by atoms with van der Waals surface area (Å²) in [6, 6.07) is 4.81. The summed E-state index contributed by atoms with van der Waals surface area (Å²) < 4.78 is 5.42. The largest absolute Gasteiger partial charge is 0.490 e. The highest BCUT2D eigenvalue weighted by atomic mass is 35.5. The normalized spacial score (nSPS) is 12.2. The molecule has 4 nitrogen and oxygen atoms in total. The van der Waals surface area contributed by atoms with Crippen molar-refractivity contribution in [2.24, 2.45) is 0 Å². The van der Waals surface area contributed by atoms with Crippen LogP contribution >= 0.6 is 11.6 Å². The van der Waals surface area contributed by atoms with E-state index in [1.54, 1.807) is 12.1 Å². The van der Waals surface area contributed by atoms with E-state index in [1.807, 2.05) is 0 Å². The van der Waals surface area contributed by atoms with Gasteiger partial charge in [-0.25, -0.2) is 0 Å². The van der Waals surface area contributed by atoms with Crippen LogP contribution in [0.1, 0.15) is 30.1 Å². The van der Waals surface area contributed by atoms with Crippen LogP contribution in [-0.2, 0) is 0 Å². The Balaban J connectivity index is 2.37. The van der Waals surface area contributed by atoms with Gasteiger partial charge in [-0.15, -0.1) is 0 Å². The van der Waals surface area contributed by atoms with Gasteiger partial charge >= 0.3 is 0 Å². The molecule has 0 saturated heterocycles. The van der Waals surface area contributed by atoms with E-state index >= 15 is 0 Å². The van der Waals surface area contributed by atoms with Gasteiger partial charge < -0.3 is 15.2 Å². The molecule has 0 aliphatic heterocycles. The molecule has 0 radical (unpaired) electrons. The summed E-state index contributed by atoms with van der Waals surface area (Å²) in [5, 5.41) is 13.3. The van der Waals surface area contributed by atoms with Crippen molar-refractivity contribution in [3.05, 3.63) is 28.8 Å². The summed E-state index contributed by atoms with van der Waals surface area (Å²) in [7, 11) is 0. The van der Waals surface area contributed by atoms with Crippen LogP contribution in [-0.4, -0.2) is 37.2 Å². The summed E-state index contributed by atoms with van der Waals surface area (Å²) in [4.78, 5) is 10.9. The van der Waals surface area contributed by atoms with E-state index < -0.39 is 6.10 Å². The molecular formula is C14H20ClNO3. The molecule has 5 heteroatoms. The molecule has 1 aromatic rings. The molecule has 1 unspecified atom stereocenters. The van der Waals surface area contributed by atoms with Crippen molar-refractivity contribution in [3.8, 4) is 5.75 Å². The number of hydrogen-bond donors (Lipinski definition) is 2. The summed E-state index contributed by atoms with van der Waals surface area (Å²) in [5.41, 5.74) is 0.388. The Morgan fingerprint density at radius 3 is 3.00 bits per heavy atom. The summed E-state index contributed by atoms with van der Waals surface area (Å²) in [5.74, 6) is 0.437. The minimum absolute atomic E-state index is 0.140. The molecule has 1 rings (SSSR count). The number of aliphatic hydroxyl groups is 1. The molecule has 0 heterocycles. The quantitative estimate of drug-likeness (QED) is 0.540. The van der Waals surface area contributed by atoms with Gasteiger partial charge in [0.25, 0.3) is 0 Å². The molecular weight excluding hydrogens is 266 g/mol. The van der Waals surface area contributed by atoms with Crippen molar-refractivity contribution in [2.45, 2.75) is 25.9 Å². The van der Waals surface area contributed by atoms with Gasteiger partial charge in [-0.05, 0) is 31.2 Å². The van der Waals surface area contributed by atoms with E-state index in [2.05, 4.69) is 12.2 Å². The first-order valence-electron chi connectivity index (χ1n) is 6.43. The Morgan fingerprint density at radius 2 is 2.32 bits per heavy atom. The highest BCUT2D eigenvalue weighted by Crippen LogP contribution is 2.21. The lowest BCUT2D eigenvalue weighted by Crippen LogP contribution is -2.32. The van der Waals surface area contributed by atoms with Gasteiger partial charge in [-0.3, -0.25) is 4.79 Å². The maximum atomic E-state index is 10.9. The number of carbonyl (C=O) groups excluding carboxylic acids is 1. The van der Waals surface area contributed by atoms with Gasteiger partial charge in [0.15, 0.2) is 6.29 Å². The van der Waals surface area contributed by atoms with Crippen molar-refractivity contribution in [2.75, 3.05) is 19.7 Å². The number of hydrogen-bond acceptors (Lipinski definition) is 4. The number of aliphatic hydroxyl groups excluding tert-OH is 1. The molecule has 106 valence electrons. The van der Waals surface area contributed by atoms with Gasteiger partial charge in [-0.1, -0.05) is 24.9 Å². The zero-order chi connectivity index (χ0) is 14.1. The molecule has 0 bridgehead atoms. The third-order valence-corrected chi connectivity index (χ3v) is 2.85. The van der Waals surface area contributed by atoms with E-state index in [0.717, 1.165) is 19.4 Å². The van der Waals surface area contributed by atoms with Crippen molar-refractivity contribution >= 4 is 17.9 Å². The van der Waals surface area contributed by atoms with Crippen LogP contribution in [0.15, 0.2) is 18.2 Å². The lowest BCUT2D eigenvalue weighted by Gasteiger charge is -2.14. The molecule has 19 heavy (non-hydrogen) atoms. The number of carbonyl (C=O) groups is 1. The Morgan fingerprint density at radius 1 is 1.53 bits per heavy atom. The first-order chi connectivity index (χ1) is 9.17. The first-order valence-corrected chi connectivity index (χ1v) is 6.81. The van der Waals surface area contributed by atoms with Crippen molar-refractivity contribution in [3.63, 3.8) is 0 Å². The lowest BCUT2D eigenvalue weighted by molar-refractivity contribution is 0.103. The Bertz CT molecular complexity index is 398. The second kappa shape index (κ2) is 8.91. The maximum absolute atomic E-state index is 10.9.